The van der Waals surface area contributed by atoms with Crippen LogP contribution >= 0.6 is 0 Å². The average molecular weight is 328 g/mol. The third kappa shape index (κ3) is 2.98. The Hall–Kier alpha value is -2.44. The molecular weight excluding hydrogens is 308 g/mol. The van der Waals surface area contributed by atoms with Crippen molar-refractivity contribution in [1.82, 2.24) is 19.6 Å². The van der Waals surface area contributed by atoms with E-state index in [1.54, 1.807) is 22.9 Å². The van der Waals surface area contributed by atoms with Crippen molar-refractivity contribution in [3.05, 3.63) is 46.5 Å². The van der Waals surface area contributed by atoms with Crippen LogP contribution in [0.25, 0.3) is 0 Å². The van der Waals surface area contributed by atoms with Crippen LogP contribution in [-0.4, -0.2) is 32.1 Å². The second-order valence-corrected chi connectivity index (χ2v) is 6.49. The summed E-state index contributed by atoms with van der Waals surface area (Å²) in [6.45, 7) is 1.10. The summed E-state index contributed by atoms with van der Waals surface area (Å²) in [6, 6.07) is 4.90. The van der Waals surface area contributed by atoms with Crippen LogP contribution in [0.5, 0.6) is 0 Å². The van der Waals surface area contributed by atoms with Crippen molar-refractivity contribution >= 4 is 5.91 Å². The number of carbonyl (C=O) groups is 1. The molecule has 7 heteroatoms. The van der Waals surface area contributed by atoms with Gasteiger partial charge in [0.15, 0.2) is 5.82 Å². The second kappa shape index (κ2) is 6.22. The highest BCUT2D eigenvalue weighted by Gasteiger charge is 2.35. The summed E-state index contributed by atoms with van der Waals surface area (Å²) in [7, 11) is 0. The van der Waals surface area contributed by atoms with Crippen molar-refractivity contribution in [2.75, 3.05) is 6.54 Å². The van der Waals surface area contributed by atoms with Gasteiger partial charge in [0.2, 0.25) is 11.8 Å². The van der Waals surface area contributed by atoms with Gasteiger partial charge >= 0.3 is 0 Å². The van der Waals surface area contributed by atoms with Crippen LogP contribution in [0.15, 0.2) is 33.7 Å². The summed E-state index contributed by atoms with van der Waals surface area (Å²) in [5, 5.41) is 4.09. The molecule has 3 heterocycles. The average Bonchev–Trinajstić information content (AvgIpc) is 3.12. The van der Waals surface area contributed by atoms with E-state index in [1.807, 2.05) is 4.90 Å². The Labute approximate surface area is 139 Å². The summed E-state index contributed by atoms with van der Waals surface area (Å²) in [5.41, 5.74) is -0.0875. The molecule has 2 aromatic heterocycles. The number of amides is 1. The monoisotopic (exact) mass is 328 g/mol. The minimum absolute atomic E-state index is 0.0334. The molecule has 0 bridgehead atoms. The highest BCUT2D eigenvalue weighted by molar-refractivity contribution is 5.76. The first-order valence-electron chi connectivity index (χ1n) is 8.51. The Bertz CT molecular complexity index is 793. The van der Waals surface area contributed by atoms with Crippen LogP contribution in [0.1, 0.15) is 55.8 Å². The van der Waals surface area contributed by atoms with E-state index in [4.69, 9.17) is 4.52 Å². The van der Waals surface area contributed by atoms with E-state index < -0.39 is 0 Å². The molecule has 0 unspecified atom stereocenters. The van der Waals surface area contributed by atoms with Gasteiger partial charge in [0.05, 0.1) is 6.04 Å². The van der Waals surface area contributed by atoms with Crippen LogP contribution < -0.4 is 5.56 Å². The van der Waals surface area contributed by atoms with E-state index in [0.717, 1.165) is 25.7 Å². The zero-order valence-electron chi connectivity index (χ0n) is 13.4. The smallest absolute Gasteiger partial charge is 0.250 e. The lowest BCUT2D eigenvalue weighted by Crippen LogP contribution is -2.32. The molecule has 1 saturated carbocycles. The van der Waals surface area contributed by atoms with Crippen LogP contribution in [0.2, 0.25) is 0 Å². The van der Waals surface area contributed by atoms with Crippen molar-refractivity contribution in [2.45, 2.75) is 50.6 Å². The van der Waals surface area contributed by atoms with E-state index in [0.29, 0.717) is 37.1 Å². The molecule has 24 heavy (non-hydrogen) atoms. The largest absolute Gasteiger partial charge is 0.339 e. The van der Waals surface area contributed by atoms with E-state index >= 15 is 0 Å². The third-order valence-electron chi connectivity index (χ3n) is 4.72. The van der Waals surface area contributed by atoms with E-state index in [9.17, 15) is 9.59 Å². The van der Waals surface area contributed by atoms with Crippen molar-refractivity contribution in [3.63, 3.8) is 0 Å². The topological polar surface area (TPSA) is 81.2 Å². The lowest BCUT2D eigenvalue weighted by atomic mass is 10.2. The molecule has 1 aliphatic heterocycles. The second-order valence-electron chi connectivity index (χ2n) is 6.49. The Kier molecular flexibility index (Phi) is 3.92. The molecule has 4 rings (SSSR count). The summed E-state index contributed by atoms with van der Waals surface area (Å²) in [5.74, 6) is 1.78. The minimum atomic E-state index is -0.0961. The van der Waals surface area contributed by atoms with Crippen LogP contribution in [-0.2, 0) is 11.3 Å². The molecule has 1 atom stereocenters. The van der Waals surface area contributed by atoms with Gasteiger partial charge in [-0.25, -0.2) is 0 Å². The maximum Gasteiger partial charge on any atom is 0.250 e. The summed E-state index contributed by atoms with van der Waals surface area (Å²) in [6.07, 6.45) is 6.03. The number of rotatable bonds is 5. The normalized spacial score (nSPS) is 20.5. The number of aromatic nitrogens is 3. The van der Waals surface area contributed by atoms with Crippen molar-refractivity contribution in [2.24, 2.45) is 0 Å². The Morgan fingerprint density at radius 3 is 2.96 bits per heavy atom. The van der Waals surface area contributed by atoms with Gasteiger partial charge in [-0.2, -0.15) is 4.98 Å². The fourth-order valence-corrected chi connectivity index (χ4v) is 3.22. The highest BCUT2D eigenvalue weighted by Crippen LogP contribution is 2.40. The predicted molar refractivity (Wildman–Crippen MR) is 85.3 cm³/mol. The molecule has 7 nitrogen and oxygen atoms in total. The highest BCUT2D eigenvalue weighted by atomic mass is 16.5. The van der Waals surface area contributed by atoms with Gasteiger partial charge in [-0.1, -0.05) is 11.2 Å². The summed E-state index contributed by atoms with van der Waals surface area (Å²) < 4.78 is 6.89. The Balaban J connectivity index is 1.42. The molecule has 1 amide bonds. The summed E-state index contributed by atoms with van der Waals surface area (Å²) >= 11 is 0. The molecule has 0 aromatic carbocycles. The minimum Gasteiger partial charge on any atom is -0.339 e. The summed E-state index contributed by atoms with van der Waals surface area (Å²) in [4.78, 5) is 30.6. The van der Waals surface area contributed by atoms with Crippen LogP contribution in [0, 0.1) is 0 Å². The molecule has 1 saturated heterocycles. The Morgan fingerprint density at radius 2 is 2.17 bits per heavy atom. The first-order chi connectivity index (χ1) is 11.7. The number of nitrogens with zero attached hydrogens (tertiary/aromatic N) is 4. The number of hydrogen-bond donors (Lipinski definition) is 0. The van der Waals surface area contributed by atoms with Gasteiger partial charge in [0.1, 0.15) is 0 Å². The van der Waals surface area contributed by atoms with Gasteiger partial charge in [-0.15, -0.1) is 0 Å². The molecule has 0 spiro atoms. The van der Waals surface area contributed by atoms with Gasteiger partial charge in [0, 0.05) is 37.7 Å². The number of aryl methyl sites for hydroxylation is 1. The number of hydrogen-bond acceptors (Lipinski definition) is 5. The van der Waals surface area contributed by atoms with Crippen LogP contribution in [0.3, 0.4) is 0 Å². The first-order valence-corrected chi connectivity index (χ1v) is 8.51. The van der Waals surface area contributed by atoms with Gasteiger partial charge in [-0.3, -0.25) is 9.59 Å². The quantitative estimate of drug-likeness (QED) is 0.837. The van der Waals surface area contributed by atoms with Gasteiger partial charge in [0.25, 0.3) is 5.56 Å². The fourth-order valence-electron chi connectivity index (χ4n) is 3.22. The standard InChI is InChI=1S/C17H20N4O3/c22-14-5-1-2-9-20(14)11-8-15(23)21-10-3-4-13(21)16-18-17(24-19-16)12-6-7-12/h1-2,5,9,12-13H,3-4,6-8,10-11H2/t13-/m0/s1. The van der Waals surface area contributed by atoms with Crippen LogP contribution in [0.4, 0.5) is 0 Å². The molecule has 2 aromatic rings. The maximum atomic E-state index is 12.6. The van der Waals surface area contributed by atoms with Gasteiger partial charge < -0.3 is 14.0 Å². The lowest BCUT2D eigenvalue weighted by Gasteiger charge is -2.22. The Morgan fingerprint density at radius 1 is 1.29 bits per heavy atom. The van der Waals surface area contributed by atoms with Crippen molar-refractivity contribution in [3.8, 4) is 0 Å². The zero-order chi connectivity index (χ0) is 16.5. The maximum absolute atomic E-state index is 12.6. The van der Waals surface area contributed by atoms with Crippen molar-refractivity contribution < 1.29 is 9.32 Å². The number of likely N-dealkylation sites (tertiary alicyclic amines) is 1. The SMILES string of the molecule is O=C(CCn1ccccc1=O)N1CCC[C@H]1c1noc(C2CC2)n1. The van der Waals surface area contributed by atoms with Gasteiger partial charge in [-0.05, 0) is 31.7 Å². The van der Waals surface area contributed by atoms with E-state index in [-0.39, 0.29) is 17.5 Å². The molecule has 1 aliphatic carbocycles. The molecule has 2 aliphatic rings. The number of carbonyl (C=O) groups excluding carboxylic acids is 1. The molecule has 2 fully saturated rings. The number of pyridine rings is 1. The predicted octanol–water partition coefficient (Wildman–Crippen LogP) is 1.86. The lowest BCUT2D eigenvalue weighted by molar-refractivity contribution is -0.132. The van der Waals surface area contributed by atoms with E-state index in [1.165, 1.54) is 6.07 Å². The molecule has 0 N–H and O–H groups in total. The van der Waals surface area contributed by atoms with Crippen molar-refractivity contribution in [1.29, 1.82) is 0 Å². The third-order valence-corrected chi connectivity index (χ3v) is 4.72. The first kappa shape index (κ1) is 15.1. The molecule has 126 valence electrons. The molecule has 0 radical (unpaired) electrons. The van der Waals surface area contributed by atoms with E-state index in [2.05, 4.69) is 10.1 Å². The zero-order valence-corrected chi connectivity index (χ0v) is 13.4. The fraction of sp³-hybridized carbons (Fsp3) is 0.529. The molecular formula is C17H20N4O3.